The fraction of sp³-hybridized carbons (Fsp3) is 0.579. The van der Waals surface area contributed by atoms with Gasteiger partial charge in [0.25, 0.3) is 5.91 Å². The minimum Gasteiger partial charge on any atom is -0.381 e. The molecule has 1 amide bonds. The molecule has 2 N–H and O–H groups in total. The molecule has 1 saturated carbocycles. The van der Waals surface area contributed by atoms with Gasteiger partial charge in [0.2, 0.25) is 0 Å². The minimum absolute atomic E-state index is 0.100. The maximum Gasteiger partial charge on any atom is 0.262 e. The largest absolute Gasteiger partial charge is 0.381 e. The third-order valence-electron chi connectivity index (χ3n) is 6.14. The van der Waals surface area contributed by atoms with E-state index in [0.717, 1.165) is 38.5 Å². The number of fused-ring (bicyclic) bond motifs is 1. The summed E-state index contributed by atoms with van der Waals surface area (Å²) < 4.78 is 5.55. The lowest BCUT2D eigenvalue weighted by Crippen LogP contribution is -2.56. The van der Waals surface area contributed by atoms with Gasteiger partial charge in [-0.1, -0.05) is 30.3 Å². The second kappa shape index (κ2) is 6.48. The zero-order chi connectivity index (χ0) is 18.2. The Hall–Kier alpha value is -1.82. The molecule has 3 rings (SSSR count). The molecule has 1 aliphatic heterocycles. The highest BCUT2D eigenvalue weighted by Crippen LogP contribution is 2.56. The number of hydrogen-bond donors (Lipinski definition) is 1. The molecular formula is C19H26BN3O2. The molecule has 1 fully saturated rings. The molecule has 2 aliphatic carbocycles. The lowest BCUT2D eigenvalue weighted by Gasteiger charge is -2.49. The topological polar surface area (TPSA) is 67.9 Å². The molecule has 3 aliphatic rings. The monoisotopic (exact) mass is 339 g/mol. The Labute approximate surface area is 151 Å². The van der Waals surface area contributed by atoms with Crippen molar-refractivity contribution in [3.05, 3.63) is 35.9 Å². The van der Waals surface area contributed by atoms with E-state index in [0.29, 0.717) is 11.0 Å². The van der Waals surface area contributed by atoms with Gasteiger partial charge in [-0.2, -0.15) is 0 Å². The number of aliphatic imine (C=N–C) groups is 1. The lowest BCUT2D eigenvalue weighted by atomic mass is 9.56. The van der Waals surface area contributed by atoms with Crippen LogP contribution in [0.4, 0.5) is 0 Å². The molecule has 0 bridgehead atoms. The van der Waals surface area contributed by atoms with Gasteiger partial charge in [0.15, 0.2) is 11.5 Å². The van der Waals surface area contributed by atoms with E-state index in [1.54, 1.807) is 20.2 Å². The zero-order valence-corrected chi connectivity index (χ0v) is 15.1. The van der Waals surface area contributed by atoms with Gasteiger partial charge in [-0.15, -0.1) is 0 Å². The fourth-order valence-electron chi connectivity index (χ4n) is 4.64. The zero-order valence-electron chi connectivity index (χ0n) is 15.1. The second-order valence-corrected chi connectivity index (χ2v) is 7.37. The number of likely N-dealkylation sites (N-methyl/N-ethyl adjacent to an activating group) is 1. The first-order valence-electron chi connectivity index (χ1n) is 8.86. The van der Waals surface area contributed by atoms with Crippen LogP contribution in [0.5, 0.6) is 0 Å². The van der Waals surface area contributed by atoms with Crippen LogP contribution in [0.1, 0.15) is 38.5 Å². The van der Waals surface area contributed by atoms with Crippen LogP contribution < -0.4 is 5.73 Å². The Kier molecular flexibility index (Phi) is 4.67. The van der Waals surface area contributed by atoms with Gasteiger partial charge < -0.3 is 10.5 Å². The molecule has 2 spiro atoms. The van der Waals surface area contributed by atoms with Gasteiger partial charge in [-0.25, -0.2) is 4.99 Å². The fourth-order valence-corrected chi connectivity index (χ4v) is 4.64. The SMILES string of the molecule is [B]C1=CC(=C)C2(N=C(N)N(C)C2=O)C2(CCC=C1)CCC(OC)CC2. The number of ether oxygens (including phenoxy) is 1. The molecule has 0 saturated heterocycles. The van der Waals surface area contributed by atoms with Crippen LogP contribution in [0, 0.1) is 5.41 Å². The molecule has 0 aromatic carbocycles. The summed E-state index contributed by atoms with van der Waals surface area (Å²) in [7, 11) is 9.50. The third kappa shape index (κ3) is 2.67. The van der Waals surface area contributed by atoms with Crippen molar-refractivity contribution in [3.63, 3.8) is 0 Å². The molecular weight excluding hydrogens is 313 g/mol. The molecule has 6 heteroatoms. The number of rotatable bonds is 1. The highest BCUT2D eigenvalue weighted by atomic mass is 16.5. The molecule has 132 valence electrons. The Balaban J connectivity index is 2.14. The number of carbonyl (C=O) groups is 1. The molecule has 2 radical (unpaired) electrons. The number of guanidine groups is 1. The van der Waals surface area contributed by atoms with Crippen molar-refractivity contribution >= 4 is 19.7 Å². The molecule has 25 heavy (non-hydrogen) atoms. The Morgan fingerprint density at radius 3 is 2.64 bits per heavy atom. The van der Waals surface area contributed by atoms with Gasteiger partial charge in [0.05, 0.1) is 6.10 Å². The van der Waals surface area contributed by atoms with E-state index in [2.05, 4.69) is 12.7 Å². The summed E-state index contributed by atoms with van der Waals surface area (Å²) in [4.78, 5) is 19.5. The number of hydrogen-bond acceptors (Lipinski definition) is 4. The number of allylic oxidation sites excluding steroid dienone is 3. The van der Waals surface area contributed by atoms with Crippen molar-refractivity contribution in [2.45, 2.75) is 50.2 Å². The third-order valence-corrected chi connectivity index (χ3v) is 6.14. The Morgan fingerprint density at radius 2 is 2.08 bits per heavy atom. The summed E-state index contributed by atoms with van der Waals surface area (Å²) in [5.41, 5.74) is 5.89. The smallest absolute Gasteiger partial charge is 0.262 e. The van der Waals surface area contributed by atoms with Crippen molar-refractivity contribution in [2.24, 2.45) is 16.1 Å². The van der Waals surface area contributed by atoms with E-state index in [-0.39, 0.29) is 23.4 Å². The summed E-state index contributed by atoms with van der Waals surface area (Å²) in [6.45, 7) is 4.22. The molecule has 1 unspecified atom stereocenters. The van der Waals surface area contributed by atoms with Crippen LogP contribution in [-0.4, -0.2) is 50.4 Å². The molecule has 5 nitrogen and oxygen atoms in total. The van der Waals surface area contributed by atoms with E-state index >= 15 is 0 Å². The predicted molar refractivity (Wildman–Crippen MR) is 100 cm³/mol. The molecule has 0 aromatic rings. The number of nitrogens with two attached hydrogens (primary N) is 1. The van der Waals surface area contributed by atoms with Crippen molar-refractivity contribution < 1.29 is 9.53 Å². The first-order valence-corrected chi connectivity index (χ1v) is 8.86. The first kappa shape index (κ1) is 18.0. The van der Waals surface area contributed by atoms with E-state index in [4.69, 9.17) is 23.3 Å². The van der Waals surface area contributed by atoms with E-state index in [1.165, 1.54) is 4.90 Å². The number of carbonyl (C=O) groups excluding carboxylic acids is 1. The van der Waals surface area contributed by atoms with Crippen LogP contribution in [0.2, 0.25) is 0 Å². The molecule has 0 aromatic heterocycles. The quantitative estimate of drug-likeness (QED) is 0.744. The number of amides is 1. The van der Waals surface area contributed by atoms with Crippen molar-refractivity contribution in [3.8, 4) is 0 Å². The Morgan fingerprint density at radius 1 is 1.40 bits per heavy atom. The van der Waals surface area contributed by atoms with Crippen molar-refractivity contribution in [1.82, 2.24) is 4.90 Å². The summed E-state index contributed by atoms with van der Waals surface area (Å²) in [6, 6.07) is 0. The summed E-state index contributed by atoms with van der Waals surface area (Å²) in [6.07, 6.45) is 11.2. The Bertz CT molecular complexity index is 674. The predicted octanol–water partition coefficient (Wildman–Crippen LogP) is 2.05. The van der Waals surface area contributed by atoms with Crippen molar-refractivity contribution in [2.75, 3.05) is 14.2 Å². The van der Waals surface area contributed by atoms with Crippen LogP contribution in [0.25, 0.3) is 0 Å². The van der Waals surface area contributed by atoms with Crippen molar-refractivity contribution in [1.29, 1.82) is 0 Å². The number of nitrogens with zero attached hydrogens (tertiary/aromatic N) is 2. The minimum atomic E-state index is -1.07. The van der Waals surface area contributed by atoms with Gasteiger partial charge in [-0.3, -0.25) is 9.69 Å². The standard InChI is InChI=1S/C19H26BN3O2/c1-13-12-14(20)6-4-5-9-18(10-7-15(25-3)8-11-18)19(13)16(24)23(2)17(21)22-19/h4,6,12,15H,1,5,7-11H2,2-3H3,(H2,21,22). The summed E-state index contributed by atoms with van der Waals surface area (Å²) in [5.74, 6) is 0.149. The van der Waals surface area contributed by atoms with Crippen LogP contribution in [-0.2, 0) is 9.53 Å². The average molecular weight is 339 g/mol. The van der Waals surface area contributed by atoms with E-state index < -0.39 is 5.54 Å². The normalized spacial score (nSPS) is 36.2. The first-order chi connectivity index (χ1) is 11.9. The average Bonchev–Trinajstić information content (AvgIpc) is 2.86. The lowest BCUT2D eigenvalue weighted by molar-refractivity contribution is -0.135. The highest BCUT2D eigenvalue weighted by molar-refractivity contribution is 6.23. The van der Waals surface area contributed by atoms with Crippen LogP contribution >= 0.6 is 0 Å². The number of methoxy groups -OCH3 is 1. The van der Waals surface area contributed by atoms with E-state index in [9.17, 15) is 4.79 Å². The van der Waals surface area contributed by atoms with E-state index in [1.807, 2.05) is 6.08 Å². The summed E-state index contributed by atoms with van der Waals surface area (Å²) >= 11 is 0. The maximum absolute atomic E-state index is 13.4. The van der Waals surface area contributed by atoms with Crippen LogP contribution in [0.3, 0.4) is 0 Å². The van der Waals surface area contributed by atoms with Gasteiger partial charge in [0.1, 0.15) is 7.85 Å². The second-order valence-electron chi connectivity index (χ2n) is 7.37. The van der Waals surface area contributed by atoms with Gasteiger partial charge in [0, 0.05) is 19.6 Å². The summed E-state index contributed by atoms with van der Waals surface area (Å²) in [5, 5.41) is 0. The van der Waals surface area contributed by atoms with Gasteiger partial charge in [-0.05, 0) is 44.1 Å². The van der Waals surface area contributed by atoms with Crippen LogP contribution in [0.15, 0.2) is 40.8 Å². The highest BCUT2D eigenvalue weighted by Gasteiger charge is 2.62. The maximum atomic E-state index is 13.4. The molecule has 1 heterocycles. The van der Waals surface area contributed by atoms with Gasteiger partial charge >= 0.3 is 0 Å². The molecule has 1 atom stereocenters.